The molecule has 5 heteroatoms. The fraction of sp³-hybridized carbons (Fsp3) is 0.0667. The topological polar surface area (TPSA) is 26.0 Å². The lowest BCUT2D eigenvalue weighted by molar-refractivity contribution is 0.603. The molecule has 1 aromatic heterocycles. The number of thioether (sulfide) groups is 1. The Labute approximate surface area is 129 Å². The molecule has 2 N–H and O–H groups in total. The van der Waals surface area contributed by atoms with Crippen molar-refractivity contribution < 1.29 is 4.39 Å². The zero-order chi connectivity index (χ0) is 14.1. The maximum Gasteiger partial charge on any atom is 0.138 e. The Balaban J connectivity index is 1.85. The molecule has 20 heavy (non-hydrogen) atoms. The van der Waals surface area contributed by atoms with Gasteiger partial charge in [0.25, 0.3) is 0 Å². The van der Waals surface area contributed by atoms with Crippen LogP contribution in [0, 0.1) is 5.82 Å². The van der Waals surface area contributed by atoms with Crippen LogP contribution in [0.5, 0.6) is 0 Å². The third-order valence-electron chi connectivity index (χ3n) is 2.92. The summed E-state index contributed by atoms with van der Waals surface area (Å²) in [6.45, 7) is 0. The average molecular weight is 324 g/mol. The molecule has 0 aliphatic heterocycles. The van der Waals surface area contributed by atoms with Gasteiger partial charge in [-0.05, 0) is 24.3 Å². The Morgan fingerprint density at radius 2 is 2.00 bits per heavy atom. The van der Waals surface area contributed by atoms with Gasteiger partial charge in [0, 0.05) is 31.3 Å². The Hall–Kier alpha value is -1.23. The molecule has 2 aromatic carbocycles. The number of nitrogens with two attached hydrogens (primary N) is 1. The molecule has 0 fully saturated rings. The van der Waals surface area contributed by atoms with Crippen LogP contribution in [0.1, 0.15) is 4.88 Å². The van der Waals surface area contributed by atoms with Crippen molar-refractivity contribution in [3.63, 3.8) is 0 Å². The largest absolute Gasteiger partial charge is 0.399 e. The van der Waals surface area contributed by atoms with E-state index in [0.717, 1.165) is 20.0 Å². The number of thiophene rings is 1. The van der Waals surface area contributed by atoms with Crippen LogP contribution < -0.4 is 5.73 Å². The van der Waals surface area contributed by atoms with E-state index < -0.39 is 0 Å². The molecule has 0 bridgehead atoms. The fourth-order valence-electron chi connectivity index (χ4n) is 1.93. The molecule has 0 aliphatic rings. The van der Waals surface area contributed by atoms with Crippen molar-refractivity contribution in [1.82, 2.24) is 0 Å². The van der Waals surface area contributed by atoms with Crippen molar-refractivity contribution >= 4 is 50.5 Å². The van der Waals surface area contributed by atoms with Crippen molar-refractivity contribution in [2.24, 2.45) is 0 Å². The highest BCUT2D eigenvalue weighted by Gasteiger charge is 2.11. The summed E-state index contributed by atoms with van der Waals surface area (Å²) in [5.74, 6) is 0.367. The molecule has 0 unspecified atom stereocenters. The van der Waals surface area contributed by atoms with Gasteiger partial charge < -0.3 is 5.73 Å². The van der Waals surface area contributed by atoms with Crippen molar-refractivity contribution in [2.45, 2.75) is 10.6 Å². The Morgan fingerprint density at radius 3 is 2.75 bits per heavy atom. The zero-order valence-corrected chi connectivity index (χ0v) is 12.8. The molecule has 0 atom stereocenters. The lowest BCUT2D eigenvalue weighted by atomic mass is 10.2. The number of rotatable bonds is 3. The predicted molar refractivity (Wildman–Crippen MR) is 87.2 cm³/mol. The molecule has 0 saturated carbocycles. The van der Waals surface area contributed by atoms with Gasteiger partial charge in [-0.25, -0.2) is 4.39 Å². The second-order valence-corrected chi connectivity index (χ2v) is 6.85. The number of nitrogen functional groups attached to an aromatic ring is 1. The van der Waals surface area contributed by atoms with Gasteiger partial charge in [-0.3, -0.25) is 0 Å². The lowest BCUT2D eigenvalue weighted by Gasteiger charge is -2.03. The standard InChI is InChI=1S/C15H11ClFNS2/c16-15-10-3-1-2-4-12(10)20-14(15)8-19-13-6-5-9(18)7-11(13)17/h1-7H,8,18H2. The van der Waals surface area contributed by atoms with Gasteiger partial charge in [-0.1, -0.05) is 29.8 Å². The second-order valence-electron chi connectivity index (χ2n) is 4.31. The molecule has 0 aliphatic carbocycles. The third-order valence-corrected chi connectivity index (χ3v) is 5.89. The van der Waals surface area contributed by atoms with E-state index in [2.05, 4.69) is 0 Å². The summed E-state index contributed by atoms with van der Waals surface area (Å²) in [7, 11) is 0. The smallest absolute Gasteiger partial charge is 0.138 e. The number of hydrogen-bond acceptors (Lipinski definition) is 3. The van der Waals surface area contributed by atoms with Crippen LogP contribution in [-0.4, -0.2) is 0 Å². The predicted octanol–water partition coefficient (Wildman–Crippen LogP) is 5.57. The van der Waals surface area contributed by atoms with Crippen LogP contribution in [0.15, 0.2) is 47.4 Å². The molecule has 1 nitrogen and oxygen atoms in total. The van der Waals surface area contributed by atoms with E-state index in [4.69, 9.17) is 17.3 Å². The van der Waals surface area contributed by atoms with E-state index in [1.807, 2.05) is 24.3 Å². The summed E-state index contributed by atoms with van der Waals surface area (Å²) in [5.41, 5.74) is 5.98. The minimum absolute atomic E-state index is 0.285. The Bertz CT molecular complexity index is 770. The highest BCUT2D eigenvalue weighted by Crippen LogP contribution is 2.39. The number of halogens is 2. The van der Waals surface area contributed by atoms with Crippen LogP contribution in [0.2, 0.25) is 5.02 Å². The van der Waals surface area contributed by atoms with Crippen molar-refractivity contribution in [3.05, 3.63) is 58.2 Å². The Kier molecular flexibility index (Phi) is 3.87. The van der Waals surface area contributed by atoms with E-state index in [1.165, 1.54) is 17.8 Å². The third kappa shape index (κ3) is 2.64. The van der Waals surface area contributed by atoms with Crippen LogP contribution in [0.25, 0.3) is 10.1 Å². The molecule has 3 aromatic rings. The summed E-state index contributed by atoms with van der Waals surface area (Å²) in [6.07, 6.45) is 0. The molecular weight excluding hydrogens is 313 g/mol. The van der Waals surface area contributed by atoms with E-state index in [-0.39, 0.29) is 5.82 Å². The summed E-state index contributed by atoms with van der Waals surface area (Å²) < 4.78 is 14.9. The molecule has 1 heterocycles. The quantitative estimate of drug-likeness (QED) is 0.504. The number of fused-ring (bicyclic) bond motifs is 1. The van der Waals surface area contributed by atoms with E-state index in [0.29, 0.717) is 16.3 Å². The Morgan fingerprint density at radius 1 is 1.20 bits per heavy atom. The fourth-order valence-corrected chi connectivity index (χ4v) is 4.51. The number of hydrogen-bond donors (Lipinski definition) is 1. The van der Waals surface area contributed by atoms with Crippen molar-refractivity contribution in [2.75, 3.05) is 5.73 Å². The van der Waals surface area contributed by atoms with E-state index >= 15 is 0 Å². The summed E-state index contributed by atoms with van der Waals surface area (Å²) in [4.78, 5) is 1.65. The first-order chi connectivity index (χ1) is 9.65. The van der Waals surface area contributed by atoms with Crippen LogP contribution in [-0.2, 0) is 5.75 Å². The highest BCUT2D eigenvalue weighted by atomic mass is 35.5. The summed E-state index contributed by atoms with van der Waals surface area (Å²) in [5, 5.41) is 1.83. The van der Waals surface area contributed by atoms with Crippen LogP contribution >= 0.6 is 34.7 Å². The average Bonchev–Trinajstić information content (AvgIpc) is 2.75. The minimum atomic E-state index is -0.285. The number of anilines is 1. The number of benzene rings is 2. The lowest BCUT2D eigenvalue weighted by Crippen LogP contribution is -1.88. The van der Waals surface area contributed by atoms with Gasteiger partial charge in [0.05, 0.1) is 5.02 Å². The van der Waals surface area contributed by atoms with Gasteiger partial charge in [-0.2, -0.15) is 0 Å². The molecule has 0 amide bonds. The highest BCUT2D eigenvalue weighted by molar-refractivity contribution is 7.98. The monoisotopic (exact) mass is 323 g/mol. The van der Waals surface area contributed by atoms with E-state index in [1.54, 1.807) is 23.5 Å². The molecule has 0 spiro atoms. The maximum absolute atomic E-state index is 13.7. The second kappa shape index (κ2) is 5.64. The normalized spacial score (nSPS) is 11.1. The molecule has 102 valence electrons. The first-order valence-corrected chi connectivity index (χ1v) is 8.17. The van der Waals surface area contributed by atoms with Gasteiger partial charge in [-0.15, -0.1) is 23.1 Å². The summed E-state index contributed by atoms with van der Waals surface area (Å²) >= 11 is 9.46. The molecular formula is C15H11ClFNS2. The molecule has 0 saturated heterocycles. The zero-order valence-electron chi connectivity index (χ0n) is 10.4. The first kappa shape index (κ1) is 13.7. The summed E-state index contributed by atoms with van der Waals surface area (Å²) in [6, 6.07) is 12.8. The van der Waals surface area contributed by atoms with Crippen molar-refractivity contribution in [3.8, 4) is 0 Å². The molecule has 3 rings (SSSR count). The van der Waals surface area contributed by atoms with Gasteiger partial charge >= 0.3 is 0 Å². The minimum Gasteiger partial charge on any atom is -0.399 e. The van der Waals surface area contributed by atoms with Crippen molar-refractivity contribution in [1.29, 1.82) is 0 Å². The van der Waals surface area contributed by atoms with E-state index in [9.17, 15) is 4.39 Å². The van der Waals surface area contributed by atoms with Gasteiger partial charge in [0.2, 0.25) is 0 Å². The van der Waals surface area contributed by atoms with Gasteiger partial charge in [0.15, 0.2) is 0 Å². The SMILES string of the molecule is Nc1ccc(SCc2sc3ccccc3c2Cl)c(F)c1. The molecule has 0 radical (unpaired) electrons. The van der Waals surface area contributed by atoms with Gasteiger partial charge in [0.1, 0.15) is 5.82 Å². The first-order valence-electron chi connectivity index (χ1n) is 5.99. The van der Waals surface area contributed by atoms with Crippen LogP contribution in [0.3, 0.4) is 0 Å². The maximum atomic E-state index is 13.7. The van der Waals surface area contributed by atoms with Crippen LogP contribution in [0.4, 0.5) is 10.1 Å².